The molecular formula is C12H13N3O. The summed E-state index contributed by atoms with van der Waals surface area (Å²) in [5.41, 5.74) is 7.13. The van der Waals surface area contributed by atoms with Crippen molar-refractivity contribution in [1.82, 2.24) is 9.55 Å². The molecule has 4 nitrogen and oxygen atoms in total. The molecule has 0 spiro atoms. The number of ketones is 1. The van der Waals surface area contributed by atoms with E-state index in [1.54, 1.807) is 36.1 Å². The van der Waals surface area contributed by atoms with Crippen LogP contribution in [-0.4, -0.2) is 15.3 Å². The van der Waals surface area contributed by atoms with Gasteiger partial charge in [0.05, 0.1) is 0 Å². The molecule has 4 heteroatoms. The van der Waals surface area contributed by atoms with Crippen LogP contribution in [-0.2, 0) is 13.6 Å². The van der Waals surface area contributed by atoms with E-state index in [2.05, 4.69) is 4.98 Å². The largest absolute Gasteiger partial charge is 0.331 e. The van der Waals surface area contributed by atoms with Crippen molar-refractivity contribution in [2.24, 2.45) is 12.8 Å². The lowest BCUT2D eigenvalue weighted by Crippen LogP contribution is -2.08. The van der Waals surface area contributed by atoms with Gasteiger partial charge in [0, 0.05) is 31.5 Å². The average molecular weight is 215 g/mol. The molecule has 0 atom stereocenters. The number of hydrogen-bond donors (Lipinski definition) is 1. The fourth-order valence-electron chi connectivity index (χ4n) is 1.51. The van der Waals surface area contributed by atoms with E-state index in [0.717, 1.165) is 5.56 Å². The zero-order valence-electron chi connectivity index (χ0n) is 9.05. The number of aryl methyl sites for hydroxylation is 1. The number of nitrogens with zero attached hydrogens (tertiary/aromatic N) is 2. The van der Waals surface area contributed by atoms with Crippen molar-refractivity contribution >= 4 is 5.78 Å². The first-order valence-corrected chi connectivity index (χ1v) is 5.03. The highest BCUT2D eigenvalue weighted by Gasteiger charge is 2.12. The monoisotopic (exact) mass is 215 g/mol. The minimum absolute atomic E-state index is 0.0731. The normalized spacial score (nSPS) is 10.4. The van der Waals surface area contributed by atoms with E-state index in [0.29, 0.717) is 17.9 Å². The van der Waals surface area contributed by atoms with Crippen LogP contribution in [0.3, 0.4) is 0 Å². The Balaban J connectivity index is 2.31. The molecule has 82 valence electrons. The van der Waals surface area contributed by atoms with Crippen LogP contribution in [0.4, 0.5) is 0 Å². The molecule has 0 fully saturated rings. The Morgan fingerprint density at radius 2 is 2.06 bits per heavy atom. The summed E-state index contributed by atoms with van der Waals surface area (Å²) < 4.78 is 1.71. The van der Waals surface area contributed by atoms with E-state index >= 15 is 0 Å². The van der Waals surface area contributed by atoms with Gasteiger partial charge in [0.1, 0.15) is 0 Å². The summed E-state index contributed by atoms with van der Waals surface area (Å²) in [5.74, 6) is 0.372. The van der Waals surface area contributed by atoms with Gasteiger partial charge in [-0.3, -0.25) is 4.79 Å². The van der Waals surface area contributed by atoms with Gasteiger partial charge in [0.2, 0.25) is 5.78 Å². The van der Waals surface area contributed by atoms with Crippen molar-refractivity contribution in [3.63, 3.8) is 0 Å². The van der Waals surface area contributed by atoms with Crippen LogP contribution in [0.25, 0.3) is 0 Å². The predicted octanol–water partition coefficient (Wildman–Crippen LogP) is 1.11. The molecule has 0 unspecified atom stereocenters. The molecule has 1 heterocycles. The maximum absolute atomic E-state index is 12.0. The van der Waals surface area contributed by atoms with Crippen LogP contribution in [0, 0.1) is 0 Å². The first-order chi connectivity index (χ1) is 7.72. The third-order valence-electron chi connectivity index (χ3n) is 2.48. The molecule has 1 aromatic heterocycles. The Hall–Kier alpha value is -1.94. The topological polar surface area (TPSA) is 60.9 Å². The third-order valence-corrected chi connectivity index (χ3v) is 2.48. The predicted molar refractivity (Wildman–Crippen MR) is 61.0 cm³/mol. The molecule has 16 heavy (non-hydrogen) atoms. The number of hydrogen-bond acceptors (Lipinski definition) is 3. The highest BCUT2D eigenvalue weighted by molar-refractivity contribution is 6.06. The molecule has 0 saturated carbocycles. The Morgan fingerprint density at radius 1 is 1.38 bits per heavy atom. The van der Waals surface area contributed by atoms with E-state index in [9.17, 15) is 4.79 Å². The fourth-order valence-corrected chi connectivity index (χ4v) is 1.51. The van der Waals surface area contributed by atoms with Gasteiger partial charge in [-0.15, -0.1) is 0 Å². The van der Waals surface area contributed by atoms with Crippen molar-refractivity contribution in [2.45, 2.75) is 6.54 Å². The number of benzene rings is 1. The number of carbonyl (C=O) groups excluding carboxylic acids is 1. The average Bonchev–Trinajstić information content (AvgIpc) is 2.75. The lowest BCUT2D eigenvalue weighted by molar-refractivity contribution is 0.102. The number of rotatable bonds is 3. The van der Waals surface area contributed by atoms with Crippen molar-refractivity contribution in [2.75, 3.05) is 0 Å². The Morgan fingerprint density at radius 3 is 2.56 bits per heavy atom. The molecule has 0 amide bonds. The second-order valence-corrected chi connectivity index (χ2v) is 3.59. The Labute approximate surface area is 93.7 Å². The summed E-state index contributed by atoms with van der Waals surface area (Å²) in [4.78, 5) is 16.0. The summed E-state index contributed by atoms with van der Waals surface area (Å²) in [6.45, 7) is 0.483. The van der Waals surface area contributed by atoms with Gasteiger partial charge in [0.25, 0.3) is 0 Å². The molecule has 1 aromatic carbocycles. The Kier molecular flexibility index (Phi) is 2.83. The minimum atomic E-state index is -0.0731. The molecule has 0 aliphatic heterocycles. The SMILES string of the molecule is Cn1ccnc1C(=O)c1ccc(CN)cc1. The number of imidazole rings is 1. The maximum atomic E-state index is 12.0. The van der Waals surface area contributed by atoms with Crippen molar-refractivity contribution in [1.29, 1.82) is 0 Å². The van der Waals surface area contributed by atoms with Crippen molar-refractivity contribution < 1.29 is 4.79 Å². The lowest BCUT2D eigenvalue weighted by Gasteiger charge is -2.02. The van der Waals surface area contributed by atoms with Crippen molar-refractivity contribution in [3.8, 4) is 0 Å². The number of carbonyl (C=O) groups is 1. The molecule has 0 bridgehead atoms. The summed E-state index contributed by atoms with van der Waals surface area (Å²) in [6.07, 6.45) is 3.36. The van der Waals surface area contributed by atoms with E-state index < -0.39 is 0 Å². The maximum Gasteiger partial charge on any atom is 0.228 e. The minimum Gasteiger partial charge on any atom is -0.331 e. The van der Waals surface area contributed by atoms with E-state index in [4.69, 9.17) is 5.73 Å². The lowest BCUT2D eigenvalue weighted by atomic mass is 10.1. The van der Waals surface area contributed by atoms with E-state index in [1.807, 2.05) is 12.1 Å². The van der Waals surface area contributed by atoms with Gasteiger partial charge in [0.15, 0.2) is 5.82 Å². The smallest absolute Gasteiger partial charge is 0.228 e. The van der Waals surface area contributed by atoms with Gasteiger partial charge in [-0.1, -0.05) is 24.3 Å². The van der Waals surface area contributed by atoms with Crippen LogP contribution in [0.5, 0.6) is 0 Å². The van der Waals surface area contributed by atoms with Crippen LogP contribution in [0.15, 0.2) is 36.7 Å². The van der Waals surface area contributed by atoms with Crippen LogP contribution in [0.1, 0.15) is 21.7 Å². The van der Waals surface area contributed by atoms with Gasteiger partial charge in [-0.2, -0.15) is 0 Å². The zero-order valence-corrected chi connectivity index (χ0v) is 9.05. The molecule has 0 radical (unpaired) electrons. The third kappa shape index (κ3) is 1.87. The Bertz CT molecular complexity index is 499. The second kappa shape index (κ2) is 4.28. The standard InChI is InChI=1S/C12H13N3O/c1-15-7-6-14-12(15)11(16)10-4-2-9(8-13)3-5-10/h2-7H,8,13H2,1H3. The van der Waals surface area contributed by atoms with Crippen molar-refractivity contribution in [3.05, 3.63) is 53.6 Å². The van der Waals surface area contributed by atoms with E-state index in [1.165, 1.54) is 0 Å². The number of aromatic nitrogens is 2. The van der Waals surface area contributed by atoms with Gasteiger partial charge in [-0.05, 0) is 5.56 Å². The van der Waals surface area contributed by atoms with Crippen LogP contribution < -0.4 is 5.73 Å². The molecule has 2 N–H and O–H groups in total. The highest BCUT2D eigenvalue weighted by atomic mass is 16.1. The first kappa shape index (κ1) is 10.6. The highest BCUT2D eigenvalue weighted by Crippen LogP contribution is 2.09. The molecule has 0 saturated heterocycles. The fraction of sp³-hybridized carbons (Fsp3) is 0.167. The summed E-state index contributed by atoms with van der Waals surface area (Å²) in [7, 11) is 1.80. The summed E-state index contributed by atoms with van der Waals surface area (Å²) in [6, 6.07) is 7.27. The van der Waals surface area contributed by atoms with Gasteiger partial charge >= 0.3 is 0 Å². The quantitative estimate of drug-likeness (QED) is 0.780. The molecule has 0 aliphatic rings. The molecule has 2 aromatic rings. The second-order valence-electron chi connectivity index (χ2n) is 3.59. The van der Waals surface area contributed by atoms with E-state index in [-0.39, 0.29) is 5.78 Å². The molecule has 0 aliphatic carbocycles. The molecule has 2 rings (SSSR count). The number of nitrogens with two attached hydrogens (primary N) is 1. The summed E-state index contributed by atoms with van der Waals surface area (Å²) in [5, 5.41) is 0. The first-order valence-electron chi connectivity index (χ1n) is 5.03. The zero-order chi connectivity index (χ0) is 11.5. The summed E-state index contributed by atoms with van der Waals surface area (Å²) >= 11 is 0. The van der Waals surface area contributed by atoms with Crippen LogP contribution in [0.2, 0.25) is 0 Å². The van der Waals surface area contributed by atoms with Crippen LogP contribution >= 0.6 is 0 Å². The van der Waals surface area contributed by atoms with Gasteiger partial charge in [-0.25, -0.2) is 4.98 Å². The molecular weight excluding hydrogens is 202 g/mol. The van der Waals surface area contributed by atoms with Gasteiger partial charge < -0.3 is 10.3 Å².